The number of carbonyl (C=O) groups excluding carboxylic acids is 1. The van der Waals surface area contributed by atoms with E-state index in [9.17, 15) is 14.7 Å². The van der Waals surface area contributed by atoms with Gasteiger partial charge in [0.1, 0.15) is 11.7 Å². The van der Waals surface area contributed by atoms with E-state index in [1.54, 1.807) is 12.1 Å². The smallest absolute Gasteiger partial charge is 0.304 e. The van der Waals surface area contributed by atoms with Crippen molar-refractivity contribution in [3.05, 3.63) is 77.9 Å². The van der Waals surface area contributed by atoms with Crippen LogP contribution in [0.1, 0.15) is 30.4 Å². The van der Waals surface area contributed by atoms with Crippen LogP contribution in [0.2, 0.25) is 0 Å². The third-order valence-corrected chi connectivity index (χ3v) is 6.43. The molecule has 2 aromatic carbocycles. The van der Waals surface area contributed by atoms with Gasteiger partial charge in [-0.1, -0.05) is 54.6 Å². The monoisotopic (exact) mass is 486 g/mol. The minimum absolute atomic E-state index is 0.0114. The molecule has 0 spiro atoms. The van der Waals surface area contributed by atoms with Crippen molar-refractivity contribution in [2.75, 3.05) is 18.4 Å². The predicted molar refractivity (Wildman–Crippen MR) is 138 cm³/mol. The molecule has 0 aliphatic carbocycles. The molecule has 2 heterocycles. The van der Waals surface area contributed by atoms with Crippen molar-refractivity contribution in [1.29, 1.82) is 5.41 Å². The number of benzene rings is 2. The molecule has 0 saturated carbocycles. The summed E-state index contributed by atoms with van der Waals surface area (Å²) in [6.07, 6.45) is 2.01. The maximum absolute atomic E-state index is 13.0. The molecule has 1 aliphatic heterocycles. The summed E-state index contributed by atoms with van der Waals surface area (Å²) in [5, 5.41) is 28.5. The van der Waals surface area contributed by atoms with E-state index in [0.717, 1.165) is 18.4 Å². The maximum Gasteiger partial charge on any atom is 0.304 e. The highest BCUT2D eigenvalue weighted by Crippen LogP contribution is 2.28. The number of aryl methyl sites for hydroxylation is 1. The standard InChI is InChI=1S/C27H30N6O3/c28-26(29)20-10-8-19(9-11-20)23-12-13-24(32-31-23)30-17-22-15-21(16-25(34)35)27(36)33(22)14-4-7-18-5-2-1-3-6-18/h1-3,5-6,8-13,21-22H,4,7,14-17H2,(H3,28,29)(H,30,32)(H,34,35)/t21-,22-/m0/s1. The van der Waals surface area contributed by atoms with Gasteiger partial charge in [0, 0.05) is 30.3 Å². The number of likely N-dealkylation sites (tertiary alicyclic amines) is 1. The summed E-state index contributed by atoms with van der Waals surface area (Å²) in [5.74, 6) is -0.955. The summed E-state index contributed by atoms with van der Waals surface area (Å²) in [7, 11) is 0. The second-order valence-electron chi connectivity index (χ2n) is 8.98. The summed E-state index contributed by atoms with van der Waals surface area (Å²) < 4.78 is 0. The Kier molecular flexibility index (Phi) is 7.89. The Bertz CT molecular complexity index is 1200. The van der Waals surface area contributed by atoms with E-state index in [4.69, 9.17) is 11.1 Å². The number of nitrogens with one attached hydrogen (secondary N) is 2. The lowest BCUT2D eigenvalue weighted by Gasteiger charge is -2.25. The molecule has 1 aliphatic rings. The highest BCUT2D eigenvalue weighted by atomic mass is 16.4. The highest BCUT2D eigenvalue weighted by Gasteiger charge is 2.39. The summed E-state index contributed by atoms with van der Waals surface area (Å²) in [6.45, 7) is 1.05. The first kappa shape index (κ1) is 24.8. The molecule has 9 heteroatoms. The van der Waals surface area contributed by atoms with Gasteiger partial charge in [-0.3, -0.25) is 15.0 Å². The zero-order chi connectivity index (χ0) is 25.5. The summed E-state index contributed by atoms with van der Waals surface area (Å²) in [6, 6.07) is 20.9. The van der Waals surface area contributed by atoms with E-state index < -0.39 is 11.9 Å². The molecular weight excluding hydrogens is 456 g/mol. The number of aromatic nitrogens is 2. The third kappa shape index (κ3) is 6.24. The molecule has 9 nitrogen and oxygen atoms in total. The largest absolute Gasteiger partial charge is 0.481 e. The number of nitrogens with zero attached hydrogens (tertiary/aromatic N) is 3. The van der Waals surface area contributed by atoms with Gasteiger partial charge in [-0.15, -0.1) is 10.2 Å². The van der Waals surface area contributed by atoms with Crippen molar-refractivity contribution < 1.29 is 14.7 Å². The van der Waals surface area contributed by atoms with Gasteiger partial charge in [-0.05, 0) is 37.0 Å². The van der Waals surface area contributed by atoms with Crippen molar-refractivity contribution in [1.82, 2.24) is 15.1 Å². The molecule has 0 unspecified atom stereocenters. The number of hydrogen-bond donors (Lipinski definition) is 4. The fourth-order valence-corrected chi connectivity index (χ4v) is 4.56. The molecule has 1 saturated heterocycles. The predicted octanol–water partition coefficient (Wildman–Crippen LogP) is 3.16. The molecule has 0 bridgehead atoms. The number of nitrogens with two attached hydrogens (primary N) is 1. The van der Waals surface area contributed by atoms with E-state index in [-0.39, 0.29) is 24.2 Å². The number of rotatable bonds is 11. The van der Waals surface area contributed by atoms with Gasteiger partial charge in [0.2, 0.25) is 5.91 Å². The van der Waals surface area contributed by atoms with Gasteiger partial charge in [0.25, 0.3) is 0 Å². The summed E-state index contributed by atoms with van der Waals surface area (Å²) >= 11 is 0. The minimum atomic E-state index is -0.955. The van der Waals surface area contributed by atoms with E-state index in [2.05, 4.69) is 27.6 Å². The van der Waals surface area contributed by atoms with E-state index >= 15 is 0 Å². The van der Waals surface area contributed by atoms with Crippen LogP contribution in [0.5, 0.6) is 0 Å². The van der Waals surface area contributed by atoms with Crippen LogP contribution >= 0.6 is 0 Å². The first-order valence-electron chi connectivity index (χ1n) is 12.0. The third-order valence-electron chi connectivity index (χ3n) is 6.43. The molecule has 2 atom stereocenters. The Labute approximate surface area is 209 Å². The number of carboxylic acid groups (broad SMARTS) is 1. The van der Waals surface area contributed by atoms with E-state index in [1.807, 2.05) is 47.4 Å². The zero-order valence-electron chi connectivity index (χ0n) is 19.9. The number of aliphatic carboxylic acids is 1. The van der Waals surface area contributed by atoms with Crippen LogP contribution < -0.4 is 11.1 Å². The number of amidine groups is 1. The Morgan fingerprint density at radius 1 is 1.08 bits per heavy atom. The second kappa shape index (κ2) is 11.4. The number of anilines is 1. The van der Waals surface area contributed by atoms with Crippen LogP contribution in [0.4, 0.5) is 5.82 Å². The van der Waals surface area contributed by atoms with Gasteiger partial charge in [-0.2, -0.15) is 0 Å². The van der Waals surface area contributed by atoms with Crippen molar-refractivity contribution in [2.24, 2.45) is 11.7 Å². The zero-order valence-corrected chi connectivity index (χ0v) is 19.9. The van der Waals surface area contributed by atoms with Crippen molar-refractivity contribution in [2.45, 2.75) is 31.7 Å². The Hall–Kier alpha value is -4.27. The normalized spacial score (nSPS) is 17.2. The van der Waals surface area contributed by atoms with Crippen LogP contribution in [0.3, 0.4) is 0 Å². The Balaban J connectivity index is 1.37. The molecule has 5 N–H and O–H groups in total. The molecule has 0 radical (unpaired) electrons. The van der Waals surface area contributed by atoms with Crippen molar-refractivity contribution in [3.8, 4) is 11.3 Å². The highest BCUT2D eigenvalue weighted by molar-refractivity contribution is 5.95. The van der Waals surface area contributed by atoms with Gasteiger partial charge in [0.05, 0.1) is 18.0 Å². The summed E-state index contributed by atoms with van der Waals surface area (Å²) in [4.78, 5) is 26.1. The van der Waals surface area contributed by atoms with Crippen LogP contribution in [0, 0.1) is 11.3 Å². The van der Waals surface area contributed by atoms with Gasteiger partial charge in [0.15, 0.2) is 0 Å². The van der Waals surface area contributed by atoms with Crippen LogP contribution in [-0.4, -0.2) is 57.0 Å². The molecular formula is C27H30N6O3. The summed E-state index contributed by atoms with van der Waals surface area (Å²) in [5.41, 5.74) is 8.92. The number of carbonyl (C=O) groups is 2. The minimum Gasteiger partial charge on any atom is -0.481 e. The fourth-order valence-electron chi connectivity index (χ4n) is 4.56. The van der Waals surface area contributed by atoms with Crippen LogP contribution in [0.15, 0.2) is 66.7 Å². The van der Waals surface area contributed by atoms with Gasteiger partial charge in [-0.25, -0.2) is 0 Å². The van der Waals surface area contributed by atoms with E-state index in [1.165, 1.54) is 5.56 Å². The average Bonchev–Trinajstić information content (AvgIpc) is 3.17. The lowest BCUT2D eigenvalue weighted by atomic mass is 10.0. The molecule has 36 heavy (non-hydrogen) atoms. The molecule has 1 aromatic heterocycles. The molecule has 1 amide bonds. The Morgan fingerprint density at radius 3 is 2.47 bits per heavy atom. The molecule has 1 fully saturated rings. The molecule has 186 valence electrons. The number of hydrogen-bond acceptors (Lipinski definition) is 6. The number of amides is 1. The fraction of sp³-hybridized carbons (Fsp3) is 0.296. The van der Waals surface area contributed by atoms with Crippen molar-refractivity contribution in [3.63, 3.8) is 0 Å². The van der Waals surface area contributed by atoms with Gasteiger partial charge >= 0.3 is 5.97 Å². The van der Waals surface area contributed by atoms with Crippen molar-refractivity contribution >= 4 is 23.5 Å². The molecule has 3 aromatic rings. The average molecular weight is 487 g/mol. The second-order valence-corrected chi connectivity index (χ2v) is 8.98. The van der Waals surface area contributed by atoms with Crippen LogP contribution in [-0.2, 0) is 16.0 Å². The maximum atomic E-state index is 13.0. The number of carboxylic acids is 1. The van der Waals surface area contributed by atoms with Gasteiger partial charge < -0.3 is 21.1 Å². The first-order valence-corrected chi connectivity index (χ1v) is 12.0. The SMILES string of the molecule is N=C(N)c1ccc(-c2ccc(NC[C@@H]3C[C@@H](CC(=O)O)C(=O)N3CCCc3ccccc3)nn2)cc1. The first-order chi connectivity index (χ1) is 17.4. The van der Waals surface area contributed by atoms with Crippen LogP contribution in [0.25, 0.3) is 11.3 Å². The quantitative estimate of drug-likeness (QED) is 0.241. The molecule has 4 rings (SSSR count). The number of nitrogen functional groups attached to an aromatic ring is 1. The lowest BCUT2D eigenvalue weighted by Crippen LogP contribution is -2.39. The topological polar surface area (TPSA) is 145 Å². The lowest BCUT2D eigenvalue weighted by molar-refractivity contribution is -0.142. The van der Waals surface area contributed by atoms with E-state index in [0.29, 0.717) is 36.6 Å². The Morgan fingerprint density at radius 2 is 1.83 bits per heavy atom.